The summed E-state index contributed by atoms with van der Waals surface area (Å²) in [4.78, 5) is 2.75. The molecule has 1 saturated heterocycles. The predicted octanol–water partition coefficient (Wildman–Crippen LogP) is 4.99. The van der Waals surface area contributed by atoms with Crippen molar-refractivity contribution in [1.82, 2.24) is 4.90 Å². The van der Waals surface area contributed by atoms with Crippen LogP contribution in [0.2, 0.25) is 5.02 Å². The lowest BCUT2D eigenvalue weighted by Crippen LogP contribution is -2.49. The fourth-order valence-corrected chi connectivity index (χ4v) is 4.36. The van der Waals surface area contributed by atoms with Gasteiger partial charge in [0.2, 0.25) is 0 Å². The van der Waals surface area contributed by atoms with Crippen molar-refractivity contribution in [2.24, 2.45) is 0 Å². The molecule has 1 aliphatic heterocycles. The maximum Gasteiger partial charge on any atom is 0.0475 e. The molecule has 0 bridgehead atoms. The molecule has 1 aromatic carbocycles. The number of rotatable bonds is 2. The normalized spacial score (nSPS) is 24.3. The molecule has 0 radical (unpaired) electrons. The molecule has 2 heteroatoms. The number of benzene rings is 1. The van der Waals surface area contributed by atoms with Gasteiger partial charge in [0, 0.05) is 10.6 Å². The van der Waals surface area contributed by atoms with Crippen molar-refractivity contribution in [3.8, 4) is 0 Å². The van der Waals surface area contributed by atoms with Crippen LogP contribution in [-0.4, -0.2) is 18.0 Å². The first-order chi connectivity index (χ1) is 9.33. The molecule has 0 spiro atoms. The molecule has 2 fully saturated rings. The van der Waals surface area contributed by atoms with Gasteiger partial charge in [-0.2, -0.15) is 0 Å². The van der Waals surface area contributed by atoms with Crippen LogP contribution in [0.3, 0.4) is 0 Å². The average Bonchev–Trinajstić information content (AvgIpc) is 2.49. The molecular weight excluding hydrogens is 254 g/mol. The molecule has 1 nitrogen and oxygen atoms in total. The Bertz CT molecular complexity index is 417. The lowest BCUT2D eigenvalue weighted by molar-refractivity contribution is 0.0304. The molecule has 1 saturated carbocycles. The van der Waals surface area contributed by atoms with E-state index < -0.39 is 0 Å². The predicted molar refractivity (Wildman–Crippen MR) is 81.6 cm³/mol. The fraction of sp³-hybridized carbons (Fsp3) is 0.647. The maximum atomic E-state index is 6.54. The molecule has 104 valence electrons. The zero-order chi connectivity index (χ0) is 13.1. The van der Waals surface area contributed by atoms with Crippen LogP contribution in [0.4, 0.5) is 0 Å². The van der Waals surface area contributed by atoms with Gasteiger partial charge in [-0.25, -0.2) is 0 Å². The highest BCUT2D eigenvalue weighted by molar-refractivity contribution is 6.31. The third-order valence-electron chi connectivity index (χ3n) is 5.02. The van der Waals surface area contributed by atoms with Crippen LogP contribution in [0.25, 0.3) is 0 Å². The number of piperidine rings is 1. The molecule has 2 aliphatic rings. The third kappa shape index (κ3) is 2.55. The van der Waals surface area contributed by atoms with Crippen molar-refractivity contribution in [3.63, 3.8) is 0 Å². The quantitative estimate of drug-likeness (QED) is 0.736. The number of hydrogen-bond acceptors (Lipinski definition) is 1. The van der Waals surface area contributed by atoms with Gasteiger partial charge in [0.15, 0.2) is 0 Å². The van der Waals surface area contributed by atoms with Crippen LogP contribution < -0.4 is 0 Å². The Morgan fingerprint density at radius 3 is 2.16 bits per heavy atom. The number of likely N-dealkylation sites (tertiary alicyclic amines) is 1. The molecule has 0 atom stereocenters. The van der Waals surface area contributed by atoms with Crippen molar-refractivity contribution >= 4 is 11.6 Å². The van der Waals surface area contributed by atoms with E-state index in [4.69, 9.17) is 11.6 Å². The molecule has 3 rings (SSSR count). The van der Waals surface area contributed by atoms with Crippen molar-refractivity contribution in [1.29, 1.82) is 0 Å². The summed E-state index contributed by atoms with van der Waals surface area (Å²) in [6.07, 6.45) is 10.8. The van der Waals surface area contributed by atoms with Crippen LogP contribution in [0.15, 0.2) is 24.3 Å². The van der Waals surface area contributed by atoms with E-state index in [1.54, 1.807) is 0 Å². The summed E-state index contributed by atoms with van der Waals surface area (Å²) in [6.45, 7) is 2.51. The smallest absolute Gasteiger partial charge is 0.0475 e. The van der Waals surface area contributed by atoms with E-state index in [1.165, 1.54) is 70.0 Å². The van der Waals surface area contributed by atoms with E-state index in [1.807, 2.05) is 0 Å². The maximum absolute atomic E-state index is 6.54. The molecule has 0 aromatic heterocycles. The Kier molecular flexibility index (Phi) is 4.14. The third-order valence-corrected chi connectivity index (χ3v) is 5.35. The van der Waals surface area contributed by atoms with E-state index in [9.17, 15) is 0 Å². The summed E-state index contributed by atoms with van der Waals surface area (Å²) in [5, 5.41) is 0.968. The van der Waals surface area contributed by atoms with Crippen molar-refractivity contribution in [2.75, 3.05) is 13.1 Å². The summed E-state index contributed by atoms with van der Waals surface area (Å²) in [6, 6.07) is 8.54. The van der Waals surface area contributed by atoms with Gasteiger partial charge in [-0.3, -0.25) is 4.90 Å². The molecule has 0 amide bonds. The van der Waals surface area contributed by atoms with Gasteiger partial charge in [0.05, 0.1) is 0 Å². The van der Waals surface area contributed by atoms with Crippen molar-refractivity contribution in [2.45, 2.75) is 56.9 Å². The lowest BCUT2D eigenvalue weighted by Gasteiger charge is -2.49. The van der Waals surface area contributed by atoms with Crippen LogP contribution in [0.5, 0.6) is 0 Å². The van der Waals surface area contributed by atoms with E-state index in [0.717, 1.165) is 5.02 Å². The highest BCUT2D eigenvalue weighted by atomic mass is 35.5. The molecule has 1 aliphatic carbocycles. The first-order valence-electron chi connectivity index (χ1n) is 7.83. The monoisotopic (exact) mass is 277 g/mol. The standard InChI is InChI=1S/C17H24ClN/c18-16-10-4-3-9-15(16)17(11-5-1-6-12-17)19-13-7-2-8-14-19/h3-4,9-10H,1-2,5-8,11-14H2. The number of halogens is 1. The van der Waals surface area contributed by atoms with E-state index >= 15 is 0 Å². The Morgan fingerprint density at radius 1 is 0.842 bits per heavy atom. The van der Waals surface area contributed by atoms with E-state index in [2.05, 4.69) is 29.2 Å². The molecule has 0 N–H and O–H groups in total. The second kappa shape index (κ2) is 5.85. The second-order valence-corrected chi connectivity index (χ2v) is 6.53. The van der Waals surface area contributed by atoms with E-state index in [-0.39, 0.29) is 5.54 Å². The average molecular weight is 278 g/mol. The van der Waals surface area contributed by atoms with Gasteiger partial charge in [0.1, 0.15) is 0 Å². The summed E-state index contributed by atoms with van der Waals surface area (Å²) in [5.74, 6) is 0. The lowest BCUT2D eigenvalue weighted by atomic mass is 9.74. The first-order valence-corrected chi connectivity index (χ1v) is 8.21. The summed E-state index contributed by atoms with van der Waals surface area (Å²) in [5.41, 5.74) is 1.62. The van der Waals surface area contributed by atoms with Crippen molar-refractivity contribution < 1.29 is 0 Å². The Hall–Kier alpha value is -0.530. The summed E-state index contributed by atoms with van der Waals surface area (Å²) >= 11 is 6.54. The molecule has 1 aromatic rings. The van der Waals surface area contributed by atoms with E-state index in [0.29, 0.717) is 0 Å². The summed E-state index contributed by atoms with van der Waals surface area (Å²) in [7, 11) is 0. The van der Waals surface area contributed by atoms with Gasteiger partial charge in [-0.1, -0.05) is 55.5 Å². The highest BCUT2D eigenvalue weighted by Crippen LogP contribution is 2.45. The molecule has 0 unspecified atom stereocenters. The number of hydrogen-bond donors (Lipinski definition) is 0. The Labute approximate surface area is 121 Å². The Balaban J connectivity index is 1.98. The van der Waals surface area contributed by atoms with Gasteiger partial charge in [0.25, 0.3) is 0 Å². The highest BCUT2D eigenvalue weighted by Gasteiger charge is 2.40. The number of nitrogens with zero attached hydrogens (tertiary/aromatic N) is 1. The van der Waals surface area contributed by atoms with Gasteiger partial charge >= 0.3 is 0 Å². The largest absolute Gasteiger partial charge is 0.294 e. The minimum atomic E-state index is 0.233. The first kappa shape index (κ1) is 13.5. The minimum Gasteiger partial charge on any atom is -0.294 e. The zero-order valence-electron chi connectivity index (χ0n) is 11.7. The van der Waals surface area contributed by atoms with Crippen LogP contribution in [0.1, 0.15) is 56.9 Å². The van der Waals surface area contributed by atoms with Crippen LogP contribution in [-0.2, 0) is 5.54 Å². The van der Waals surface area contributed by atoms with Crippen LogP contribution in [0, 0.1) is 0 Å². The molecule has 19 heavy (non-hydrogen) atoms. The van der Waals surface area contributed by atoms with Gasteiger partial charge < -0.3 is 0 Å². The minimum absolute atomic E-state index is 0.233. The second-order valence-electron chi connectivity index (χ2n) is 6.12. The summed E-state index contributed by atoms with van der Waals surface area (Å²) < 4.78 is 0. The van der Waals surface area contributed by atoms with Crippen LogP contribution >= 0.6 is 11.6 Å². The van der Waals surface area contributed by atoms with Gasteiger partial charge in [-0.15, -0.1) is 0 Å². The van der Waals surface area contributed by atoms with Crippen molar-refractivity contribution in [3.05, 3.63) is 34.9 Å². The Morgan fingerprint density at radius 2 is 1.47 bits per heavy atom. The zero-order valence-corrected chi connectivity index (χ0v) is 12.5. The SMILES string of the molecule is Clc1ccccc1C1(N2CCCCC2)CCCCC1. The topological polar surface area (TPSA) is 3.24 Å². The van der Waals surface area contributed by atoms with Gasteiger partial charge in [-0.05, 0) is 50.4 Å². The molecular formula is C17H24ClN. The molecule has 1 heterocycles. The fourth-order valence-electron chi connectivity index (χ4n) is 4.05.